The van der Waals surface area contributed by atoms with E-state index in [2.05, 4.69) is 5.32 Å². The normalized spacial score (nSPS) is 14.9. The summed E-state index contributed by atoms with van der Waals surface area (Å²) in [5.41, 5.74) is 3.70. The van der Waals surface area contributed by atoms with Gasteiger partial charge in [0.15, 0.2) is 0 Å². The topological polar surface area (TPSA) is 75.9 Å². The molecule has 3 heterocycles. The lowest BCUT2D eigenvalue weighted by Gasteiger charge is -2.14. The SMILES string of the molecule is CCOCCCNc1nc2c(C)cccn2c(=O)c1C=C1SC(=S)N(Cc2ccc(C)cc2)C1=O. The van der Waals surface area contributed by atoms with Crippen LogP contribution < -0.4 is 10.9 Å². The van der Waals surface area contributed by atoms with E-state index in [1.54, 1.807) is 17.2 Å². The number of aryl methyl sites for hydroxylation is 2. The lowest BCUT2D eigenvalue weighted by Crippen LogP contribution is -2.27. The Labute approximate surface area is 214 Å². The zero-order chi connectivity index (χ0) is 24.9. The highest BCUT2D eigenvalue weighted by Gasteiger charge is 2.32. The molecular weight excluding hydrogens is 480 g/mol. The molecule has 1 N–H and O–H groups in total. The van der Waals surface area contributed by atoms with Crippen molar-refractivity contribution in [2.75, 3.05) is 25.1 Å². The highest BCUT2D eigenvalue weighted by molar-refractivity contribution is 8.26. The molecule has 182 valence electrons. The van der Waals surface area contributed by atoms with Crippen LogP contribution in [0.15, 0.2) is 52.3 Å². The maximum atomic E-state index is 13.5. The number of aromatic nitrogens is 2. The Morgan fingerprint density at radius 2 is 1.94 bits per heavy atom. The van der Waals surface area contributed by atoms with E-state index in [-0.39, 0.29) is 11.5 Å². The molecule has 1 aromatic carbocycles. The summed E-state index contributed by atoms with van der Waals surface area (Å²) >= 11 is 6.71. The third kappa shape index (κ3) is 5.63. The van der Waals surface area contributed by atoms with E-state index >= 15 is 0 Å². The first-order valence-corrected chi connectivity index (χ1v) is 12.8. The van der Waals surface area contributed by atoms with E-state index < -0.39 is 0 Å². The molecule has 0 spiro atoms. The number of carbonyl (C=O) groups excluding carboxylic acids is 1. The van der Waals surface area contributed by atoms with Crippen LogP contribution in [0.2, 0.25) is 0 Å². The number of carbonyl (C=O) groups is 1. The number of ether oxygens (including phenoxy) is 1. The van der Waals surface area contributed by atoms with Crippen LogP contribution in [0.3, 0.4) is 0 Å². The van der Waals surface area contributed by atoms with Crippen LogP contribution in [-0.2, 0) is 16.1 Å². The molecule has 2 aromatic heterocycles. The number of nitrogens with zero attached hydrogens (tertiary/aromatic N) is 3. The second-order valence-electron chi connectivity index (χ2n) is 8.29. The summed E-state index contributed by atoms with van der Waals surface area (Å²) in [4.78, 5) is 33.4. The Balaban J connectivity index is 1.67. The molecule has 0 bridgehead atoms. The van der Waals surface area contributed by atoms with Gasteiger partial charge in [-0.3, -0.25) is 18.9 Å². The molecule has 0 unspecified atom stereocenters. The Bertz CT molecular complexity index is 1350. The Morgan fingerprint density at radius 1 is 1.17 bits per heavy atom. The van der Waals surface area contributed by atoms with Gasteiger partial charge in [0.05, 0.1) is 17.0 Å². The second-order valence-corrected chi connectivity index (χ2v) is 9.97. The smallest absolute Gasteiger partial charge is 0.267 e. The van der Waals surface area contributed by atoms with Crippen LogP contribution in [0.1, 0.15) is 35.6 Å². The monoisotopic (exact) mass is 508 g/mol. The molecule has 0 atom stereocenters. The van der Waals surface area contributed by atoms with Crippen molar-refractivity contribution in [1.82, 2.24) is 14.3 Å². The lowest BCUT2D eigenvalue weighted by molar-refractivity contribution is -0.122. The third-order valence-corrected chi connectivity index (χ3v) is 7.03. The maximum absolute atomic E-state index is 13.5. The molecule has 3 aromatic rings. The molecule has 4 rings (SSSR count). The highest BCUT2D eigenvalue weighted by atomic mass is 32.2. The first kappa shape index (κ1) is 25.1. The number of anilines is 1. The van der Waals surface area contributed by atoms with Crippen LogP contribution >= 0.6 is 24.0 Å². The van der Waals surface area contributed by atoms with E-state index in [1.165, 1.54) is 16.2 Å². The predicted octanol–water partition coefficient (Wildman–Crippen LogP) is 4.55. The molecule has 1 aliphatic rings. The average molecular weight is 509 g/mol. The van der Waals surface area contributed by atoms with Gasteiger partial charge in [-0.05, 0) is 50.5 Å². The van der Waals surface area contributed by atoms with Crippen molar-refractivity contribution >= 4 is 51.7 Å². The maximum Gasteiger partial charge on any atom is 0.267 e. The Kier molecular flexibility index (Phi) is 8.00. The quantitative estimate of drug-likeness (QED) is 0.258. The van der Waals surface area contributed by atoms with Crippen molar-refractivity contribution in [3.8, 4) is 0 Å². The van der Waals surface area contributed by atoms with Gasteiger partial charge >= 0.3 is 0 Å². The van der Waals surface area contributed by atoms with Gasteiger partial charge in [0.1, 0.15) is 15.8 Å². The van der Waals surface area contributed by atoms with Crippen LogP contribution in [0.25, 0.3) is 11.7 Å². The molecule has 1 saturated heterocycles. The molecule has 0 aliphatic carbocycles. The first-order chi connectivity index (χ1) is 16.9. The minimum absolute atomic E-state index is 0.211. The summed E-state index contributed by atoms with van der Waals surface area (Å²) in [7, 11) is 0. The number of amides is 1. The summed E-state index contributed by atoms with van der Waals surface area (Å²) in [6.07, 6.45) is 4.07. The minimum Gasteiger partial charge on any atom is -0.382 e. The summed E-state index contributed by atoms with van der Waals surface area (Å²) in [5.74, 6) is 0.237. The minimum atomic E-state index is -0.241. The van der Waals surface area contributed by atoms with Crippen molar-refractivity contribution in [1.29, 1.82) is 0 Å². The van der Waals surface area contributed by atoms with Gasteiger partial charge in [0, 0.05) is 26.0 Å². The van der Waals surface area contributed by atoms with Gasteiger partial charge in [-0.2, -0.15) is 0 Å². The van der Waals surface area contributed by atoms with Gasteiger partial charge in [0.25, 0.3) is 11.5 Å². The van der Waals surface area contributed by atoms with Gasteiger partial charge < -0.3 is 10.1 Å². The first-order valence-electron chi connectivity index (χ1n) is 11.5. The zero-order valence-corrected chi connectivity index (χ0v) is 21.7. The Hall–Kier alpha value is -3.01. The van der Waals surface area contributed by atoms with Crippen molar-refractivity contribution in [2.45, 2.75) is 33.7 Å². The molecule has 0 radical (unpaired) electrons. The van der Waals surface area contributed by atoms with Gasteiger partial charge in [0.2, 0.25) is 0 Å². The number of hydrogen-bond acceptors (Lipinski definition) is 7. The summed E-state index contributed by atoms with van der Waals surface area (Å²) < 4.78 is 7.39. The zero-order valence-electron chi connectivity index (χ0n) is 20.0. The number of pyridine rings is 1. The standard InChI is InChI=1S/C26H28N4O3S2/c1-4-33-14-6-12-27-22-20(24(31)29-13-5-7-18(3)23(29)28-22)15-21-25(32)30(26(34)35-21)16-19-10-8-17(2)9-11-19/h5,7-11,13,15,27H,4,6,12,14,16H2,1-3H3. The number of benzene rings is 1. The van der Waals surface area contributed by atoms with Crippen molar-refractivity contribution in [3.63, 3.8) is 0 Å². The van der Waals surface area contributed by atoms with E-state index in [1.807, 2.05) is 57.2 Å². The Morgan fingerprint density at radius 3 is 2.69 bits per heavy atom. The fraction of sp³-hybridized carbons (Fsp3) is 0.308. The van der Waals surface area contributed by atoms with E-state index in [9.17, 15) is 9.59 Å². The summed E-state index contributed by atoms with van der Waals surface area (Å²) in [6, 6.07) is 11.7. The molecule has 1 fully saturated rings. The van der Waals surface area contributed by atoms with Crippen molar-refractivity contribution < 1.29 is 9.53 Å². The lowest BCUT2D eigenvalue weighted by atomic mass is 10.1. The molecule has 35 heavy (non-hydrogen) atoms. The van der Waals surface area contributed by atoms with E-state index in [0.717, 1.165) is 23.1 Å². The summed E-state index contributed by atoms with van der Waals surface area (Å²) in [5, 5.41) is 3.27. The van der Waals surface area contributed by atoms with Gasteiger partial charge in [-0.25, -0.2) is 4.98 Å². The van der Waals surface area contributed by atoms with Crippen LogP contribution in [0.4, 0.5) is 5.82 Å². The van der Waals surface area contributed by atoms with Gasteiger partial charge in [-0.15, -0.1) is 0 Å². The molecule has 1 amide bonds. The average Bonchev–Trinajstić information content (AvgIpc) is 3.10. The number of hydrogen-bond donors (Lipinski definition) is 1. The fourth-order valence-electron chi connectivity index (χ4n) is 3.75. The number of thioether (sulfide) groups is 1. The van der Waals surface area contributed by atoms with Crippen molar-refractivity contribution in [3.05, 3.63) is 80.1 Å². The van der Waals surface area contributed by atoms with E-state index in [4.69, 9.17) is 21.9 Å². The van der Waals surface area contributed by atoms with Crippen LogP contribution in [0, 0.1) is 13.8 Å². The second kappa shape index (κ2) is 11.2. The highest BCUT2D eigenvalue weighted by Crippen LogP contribution is 2.34. The largest absolute Gasteiger partial charge is 0.382 e. The molecule has 0 saturated carbocycles. The number of rotatable bonds is 9. The predicted molar refractivity (Wildman–Crippen MR) is 146 cm³/mol. The van der Waals surface area contributed by atoms with Crippen LogP contribution in [-0.4, -0.2) is 44.3 Å². The fourth-order valence-corrected chi connectivity index (χ4v) is 4.98. The molecular formula is C26H28N4O3S2. The molecule has 1 aliphatic heterocycles. The number of fused-ring (bicyclic) bond motifs is 1. The van der Waals surface area contributed by atoms with Gasteiger partial charge in [-0.1, -0.05) is 59.9 Å². The third-order valence-electron chi connectivity index (χ3n) is 5.66. The summed E-state index contributed by atoms with van der Waals surface area (Å²) in [6.45, 7) is 8.13. The van der Waals surface area contributed by atoms with Crippen molar-refractivity contribution in [2.24, 2.45) is 0 Å². The molecule has 7 nitrogen and oxygen atoms in total. The number of nitrogens with one attached hydrogen (secondary N) is 1. The molecule has 9 heteroatoms. The number of thiocarbonyl (C=S) groups is 1. The van der Waals surface area contributed by atoms with E-state index in [0.29, 0.717) is 52.6 Å². The van der Waals surface area contributed by atoms with Crippen LogP contribution in [0.5, 0.6) is 0 Å².